The lowest BCUT2D eigenvalue weighted by molar-refractivity contribution is -0.123. The summed E-state index contributed by atoms with van der Waals surface area (Å²) < 4.78 is 17.3. The molecule has 4 N–H and O–H groups in total. The highest BCUT2D eigenvalue weighted by molar-refractivity contribution is 7.55. The first-order valence-corrected chi connectivity index (χ1v) is 10.4. The van der Waals surface area contributed by atoms with Crippen molar-refractivity contribution >= 4 is 19.5 Å². The van der Waals surface area contributed by atoms with E-state index in [1.165, 1.54) is 0 Å². The summed E-state index contributed by atoms with van der Waals surface area (Å²) in [6.07, 6.45) is -0.938. The first-order chi connectivity index (χ1) is 12.2. The third-order valence-electron chi connectivity index (χ3n) is 3.38. The third-order valence-corrected chi connectivity index (χ3v) is 4.68. The number of carbonyl (C=O) groups excluding carboxylic acids is 2. The minimum atomic E-state index is -3.95. The van der Waals surface area contributed by atoms with Crippen molar-refractivity contribution < 1.29 is 23.8 Å². The van der Waals surface area contributed by atoms with E-state index < -0.39 is 25.9 Å². The SMILES string of the molecule is CCNC(=O)[C@H](CC(C)C)NP(=O)(O)CNC(=O)OCc1ccccc1. The van der Waals surface area contributed by atoms with Crippen LogP contribution in [0.25, 0.3) is 0 Å². The number of rotatable bonds is 10. The van der Waals surface area contributed by atoms with Gasteiger partial charge in [-0.2, -0.15) is 0 Å². The van der Waals surface area contributed by atoms with Gasteiger partial charge in [-0.1, -0.05) is 44.2 Å². The first-order valence-electron chi connectivity index (χ1n) is 8.55. The van der Waals surface area contributed by atoms with Crippen LogP contribution in [0.1, 0.15) is 32.8 Å². The number of likely N-dealkylation sites (N-methyl/N-ethyl adjacent to an activating group) is 1. The lowest BCUT2D eigenvalue weighted by Gasteiger charge is -2.23. The maximum Gasteiger partial charge on any atom is 0.407 e. The van der Waals surface area contributed by atoms with Crippen LogP contribution in [0.3, 0.4) is 0 Å². The Morgan fingerprint density at radius 1 is 1.19 bits per heavy atom. The molecule has 0 fully saturated rings. The lowest BCUT2D eigenvalue weighted by atomic mass is 10.0. The van der Waals surface area contributed by atoms with Crippen molar-refractivity contribution in [2.45, 2.75) is 39.8 Å². The monoisotopic (exact) mass is 385 g/mol. The highest BCUT2D eigenvalue weighted by Gasteiger charge is 2.28. The molecule has 1 aromatic carbocycles. The number of hydrogen-bond donors (Lipinski definition) is 4. The van der Waals surface area contributed by atoms with Crippen LogP contribution in [0.15, 0.2) is 30.3 Å². The first kappa shape index (κ1) is 22.2. The molecule has 2 atom stereocenters. The molecule has 8 nitrogen and oxygen atoms in total. The lowest BCUT2D eigenvalue weighted by Crippen LogP contribution is -2.44. The van der Waals surface area contributed by atoms with Gasteiger partial charge in [0.1, 0.15) is 12.9 Å². The molecule has 1 aromatic rings. The van der Waals surface area contributed by atoms with Gasteiger partial charge in [0.25, 0.3) is 7.52 Å². The molecular formula is C17H28N3O5P. The van der Waals surface area contributed by atoms with Crippen LogP contribution >= 0.6 is 7.52 Å². The summed E-state index contributed by atoms with van der Waals surface area (Å²) in [6.45, 7) is 6.08. The summed E-state index contributed by atoms with van der Waals surface area (Å²) in [4.78, 5) is 33.8. The third kappa shape index (κ3) is 8.99. The van der Waals surface area contributed by atoms with Crippen molar-refractivity contribution in [3.8, 4) is 0 Å². The van der Waals surface area contributed by atoms with Crippen LogP contribution < -0.4 is 15.7 Å². The quantitative estimate of drug-likeness (QED) is 0.459. The van der Waals surface area contributed by atoms with Gasteiger partial charge in [-0.15, -0.1) is 0 Å². The fourth-order valence-corrected chi connectivity index (χ4v) is 3.37. The Morgan fingerprint density at radius 2 is 1.85 bits per heavy atom. The second-order valence-electron chi connectivity index (χ2n) is 6.30. The number of carbonyl (C=O) groups is 2. The summed E-state index contributed by atoms with van der Waals surface area (Å²) in [5.41, 5.74) is 0.807. The van der Waals surface area contributed by atoms with Crippen molar-refractivity contribution in [2.75, 3.05) is 12.8 Å². The van der Waals surface area contributed by atoms with E-state index in [1.807, 2.05) is 32.0 Å². The van der Waals surface area contributed by atoms with Gasteiger partial charge in [0.2, 0.25) is 5.91 Å². The molecule has 26 heavy (non-hydrogen) atoms. The highest BCUT2D eigenvalue weighted by Crippen LogP contribution is 2.35. The van der Waals surface area contributed by atoms with Crippen LogP contribution in [-0.4, -0.2) is 35.8 Å². The Kier molecular flexibility index (Phi) is 9.34. The molecule has 0 heterocycles. The second kappa shape index (κ2) is 11.0. The fourth-order valence-electron chi connectivity index (χ4n) is 2.22. The van der Waals surface area contributed by atoms with Gasteiger partial charge in [0, 0.05) is 6.54 Å². The molecule has 1 rings (SSSR count). The Bertz CT molecular complexity index is 624. The molecule has 146 valence electrons. The molecule has 0 saturated carbocycles. The smallest absolute Gasteiger partial charge is 0.407 e. The molecule has 0 spiro atoms. The van der Waals surface area contributed by atoms with Crippen LogP contribution in [-0.2, 0) is 20.7 Å². The molecule has 1 unspecified atom stereocenters. The maximum absolute atomic E-state index is 12.3. The molecule has 0 aromatic heterocycles. The predicted molar refractivity (Wildman–Crippen MR) is 99.5 cm³/mol. The van der Waals surface area contributed by atoms with E-state index in [1.54, 1.807) is 19.1 Å². The van der Waals surface area contributed by atoms with Crippen LogP contribution in [0.5, 0.6) is 0 Å². The number of hydrogen-bond acceptors (Lipinski definition) is 4. The van der Waals surface area contributed by atoms with Crippen molar-refractivity contribution in [1.82, 2.24) is 15.7 Å². The zero-order valence-corrected chi connectivity index (χ0v) is 16.3. The highest BCUT2D eigenvalue weighted by atomic mass is 31.2. The summed E-state index contributed by atoms with van der Waals surface area (Å²) in [5, 5.41) is 7.35. The molecule has 9 heteroatoms. The standard InChI is InChI=1S/C17H28N3O5P/c1-4-18-16(21)15(10-13(2)3)20-26(23,24)12-19-17(22)25-11-14-8-6-5-7-9-14/h5-9,13,15H,4,10-12H2,1-3H3,(H,18,21)(H,19,22)(H2,20,23,24)/t15-/m0/s1. The van der Waals surface area contributed by atoms with Crippen molar-refractivity contribution in [3.05, 3.63) is 35.9 Å². The fraction of sp³-hybridized carbons (Fsp3) is 0.529. The predicted octanol–water partition coefficient (Wildman–Crippen LogP) is 2.20. The number of amides is 2. The van der Waals surface area contributed by atoms with Crippen molar-refractivity contribution in [2.24, 2.45) is 5.92 Å². The summed E-state index contributed by atoms with van der Waals surface area (Å²) in [7, 11) is -3.95. The van der Waals surface area contributed by atoms with Crippen molar-refractivity contribution in [3.63, 3.8) is 0 Å². The van der Waals surface area contributed by atoms with E-state index in [0.29, 0.717) is 13.0 Å². The summed E-state index contributed by atoms with van der Waals surface area (Å²) in [6, 6.07) is 8.27. The van der Waals surface area contributed by atoms with Gasteiger partial charge in [-0.05, 0) is 24.8 Å². The van der Waals surface area contributed by atoms with Crippen LogP contribution in [0.2, 0.25) is 0 Å². The summed E-state index contributed by atoms with van der Waals surface area (Å²) >= 11 is 0. The average molecular weight is 385 g/mol. The zero-order chi connectivity index (χ0) is 19.6. The molecule has 2 amide bonds. The van der Waals surface area contributed by atoms with E-state index in [0.717, 1.165) is 5.56 Å². The largest absolute Gasteiger partial charge is 0.445 e. The Balaban J connectivity index is 2.50. The number of benzene rings is 1. The molecule has 0 bridgehead atoms. The summed E-state index contributed by atoms with van der Waals surface area (Å²) in [5.74, 6) is -0.193. The van der Waals surface area contributed by atoms with E-state index in [-0.39, 0.29) is 18.4 Å². The van der Waals surface area contributed by atoms with E-state index in [2.05, 4.69) is 15.7 Å². The van der Waals surface area contributed by atoms with Crippen LogP contribution in [0, 0.1) is 5.92 Å². The Labute approximate surface area is 154 Å². The minimum Gasteiger partial charge on any atom is -0.445 e. The normalized spacial score (nSPS) is 14.3. The van der Waals surface area contributed by atoms with Gasteiger partial charge in [-0.3, -0.25) is 9.36 Å². The molecule has 0 aliphatic rings. The zero-order valence-electron chi connectivity index (χ0n) is 15.4. The number of alkyl carbamates (subject to hydrolysis) is 1. The van der Waals surface area contributed by atoms with E-state index in [4.69, 9.17) is 4.74 Å². The molecule has 0 aliphatic carbocycles. The number of nitrogens with one attached hydrogen (secondary N) is 3. The molecule has 0 aliphatic heterocycles. The van der Waals surface area contributed by atoms with Gasteiger partial charge in [-0.25, -0.2) is 9.88 Å². The molecular weight excluding hydrogens is 357 g/mol. The molecule has 0 saturated heterocycles. The van der Waals surface area contributed by atoms with Gasteiger partial charge >= 0.3 is 6.09 Å². The molecule has 0 radical (unpaired) electrons. The van der Waals surface area contributed by atoms with E-state index >= 15 is 0 Å². The Morgan fingerprint density at radius 3 is 2.42 bits per heavy atom. The minimum absolute atomic E-state index is 0.0602. The number of ether oxygens (including phenoxy) is 1. The van der Waals surface area contributed by atoms with E-state index in [9.17, 15) is 19.0 Å². The van der Waals surface area contributed by atoms with Gasteiger partial charge in [0.15, 0.2) is 0 Å². The van der Waals surface area contributed by atoms with Crippen molar-refractivity contribution in [1.29, 1.82) is 0 Å². The maximum atomic E-state index is 12.3. The average Bonchev–Trinajstić information content (AvgIpc) is 2.58. The van der Waals surface area contributed by atoms with Crippen LogP contribution in [0.4, 0.5) is 4.79 Å². The Hall–Kier alpha value is -1.89. The topological polar surface area (TPSA) is 117 Å². The van der Waals surface area contributed by atoms with Gasteiger partial charge < -0.3 is 20.3 Å². The van der Waals surface area contributed by atoms with Gasteiger partial charge in [0.05, 0.1) is 6.04 Å². The second-order valence-corrected chi connectivity index (χ2v) is 8.28.